The summed E-state index contributed by atoms with van der Waals surface area (Å²) in [7, 11) is 1.96. The molecule has 1 atom stereocenters. The number of benzene rings is 1. The SMILES string of the molecule is CNCCNc1ccc(CC(C)CN)cc1. The lowest BCUT2D eigenvalue weighted by Crippen LogP contribution is -2.17. The van der Waals surface area contributed by atoms with Crippen LogP contribution in [0, 0.1) is 5.92 Å². The second kappa shape index (κ2) is 7.25. The summed E-state index contributed by atoms with van der Waals surface area (Å²) in [6.07, 6.45) is 1.06. The van der Waals surface area contributed by atoms with E-state index < -0.39 is 0 Å². The molecule has 0 aliphatic rings. The summed E-state index contributed by atoms with van der Waals surface area (Å²) in [5.74, 6) is 0.558. The molecule has 0 spiro atoms. The van der Waals surface area contributed by atoms with Crippen molar-refractivity contribution in [1.82, 2.24) is 5.32 Å². The average molecular weight is 221 g/mol. The lowest BCUT2D eigenvalue weighted by molar-refractivity contribution is 0.593. The van der Waals surface area contributed by atoms with E-state index in [1.807, 2.05) is 7.05 Å². The first-order valence-electron chi connectivity index (χ1n) is 5.93. The van der Waals surface area contributed by atoms with Crippen LogP contribution in [-0.2, 0) is 6.42 Å². The fraction of sp³-hybridized carbons (Fsp3) is 0.538. The van der Waals surface area contributed by atoms with Gasteiger partial charge in [0.05, 0.1) is 0 Å². The predicted octanol–water partition coefficient (Wildman–Crippen LogP) is 1.46. The van der Waals surface area contributed by atoms with Gasteiger partial charge in [-0.25, -0.2) is 0 Å². The quantitative estimate of drug-likeness (QED) is 0.611. The molecule has 0 radical (unpaired) electrons. The van der Waals surface area contributed by atoms with Crippen LogP contribution in [-0.4, -0.2) is 26.7 Å². The minimum absolute atomic E-state index is 0.558. The molecule has 3 nitrogen and oxygen atoms in total. The maximum Gasteiger partial charge on any atom is 0.0340 e. The molecule has 0 fully saturated rings. The zero-order valence-corrected chi connectivity index (χ0v) is 10.3. The molecule has 0 aliphatic heterocycles. The van der Waals surface area contributed by atoms with E-state index in [4.69, 9.17) is 5.73 Å². The van der Waals surface area contributed by atoms with Gasteiger partial charge in [0.1, 0.15) is 0 Å². The maximum absolute atomic E-state index is 5.61. The molecular weight excluding hydrogens is 198 g/mol. The van der Waals surface area contributed by atoms with E-state index in [0.717, 1.165) is 26.1 Å². The van der Waals surface area contributed by atoms with Crippen molar-refractivity contribution in [1.29, 1.82) is 0 Å². The second-order valence-electron chi connectivity index (χ2n) is 4.27. The van der Waals surface area contributed by atoms with E-state index in [1.54, 1.807) is 0 Å². The van der Waals surface area contributed by atoms with E-state index in [0.29, 0.717) is 5.92 Å². The van der Waals surface area contributed by atoms with Crippen LogP contribution in [0.1, 0.15) is 12.5 Å². The highest BCUT2D eigenvalue weighted by Crippen LogP contribution is 2.12. The van der Waals surface area contributed by atoms with Crippen LogP contribution in [0.25, 0.3) is 0 Å². The van der Waals surface area contributed by atoms with E-state index >= 15 is 0 Å². The van der Waals surface area contributed by atoms with Crippen molar-refractivity contribution in [2.75, 3.05) is 32.0 Å². The van der Waals surface area contributed by atoms with E-state index in [2.05, 4.69) is 41.8 Å². The zero-order chi connectivity index (χ0) is 11.8. The van der Waals surface area contributed by atoms with Crippen LogP contribution in [0.5, 0.6) is 0 Å². The molecule has 4 N–H and O–H groups in total. The lowest BCUT2D eigenvalue weighted by atomic mass is 10.0. The topological polar surface area (TPSA) is 50.1 Å². The normalized spacial score (nSPS) is 12.4. The Morgan fingerprint density at radius 2 is 1.88 bits per heavy atom. The number of nitrogens with one attached hydrogen (secondary N) is 2. The van der Waals surface area contributed by atoms with Crippen molar-refractivity contribution < 1.29 is 0 Å². The Morgan fingerprint density at radius 3 is 2.44 bits per heavy atom. The van der Waals surface area contributed by atoms with E-state index in [9.17, 15) is 0 Å². The summed E-state index contributed by atoms with van der Waals surface area (Å²) in [6, 6.07) is 8.62. The van der Waals surface area contributed by atoms with Gasteiger partial charge in [-0.1, -0.05) is 19.1 Å². The molecule has 1 unspecified atom stereocenters. The Labute approximate surface area is 98.4 Å². The van der Waals surface area contributed by atoms with Crippen LogP contribution in [0.4, 0.5) is 5.69 Å². The van der Waals surface area contributed by atoms with Gasteiger partial charge in [0, 0.05) is 18.8 Å². The lowest BCUT2D eigenvalue weighted by Gasteiger charge is -2.10. The number of hydrogen-bond donors (Lipinski definition) is 3. The molecule has 0 saturated heterocycles. The van der Waals surface area contributed by atoms with Gasteiger partial charge in [-0.3, -0.25) is 0 Å². The van der Waals surface area contributed by atoms with Crippen molar-refractivity contribution in [3.05, 3.63) is 29.8 Å². The third-order valence-electron chi connectivity index (χ3n) is 2.64. The van der Waals surface area contributed by atoms with E-state index in [-0.39, 0.29) is 0 Å². The largest absolute Gasteiger partial charge is 0.384 e. The first-order valence-corrected chi connectivity index (χ1v) is 5.93. The van der Waals surface area contributed by atoms with Gasteiger partial charge in [0.15, 0.2) is 0 Å². The van der Waals surface area contributed by atoms with Gasteiger partial charge in [0.2, 0.25) is 0 Å². The number of anilines is 1. The average Bonchev–Trinajstić information content (AvgIpc) is 2.31. The number of nitrogens with two attached hydrogens (primary N) is 1. The van der Waals surface area contributed by atoms with Crippen LogP contribution in [0.3, 0.4) is 0 Å². The Bertz CT molecular complexity index is 282. The van der Waals surface area contributed by atoms with Crippen molar-refractivity contribution in [3.8, 4) is 0 Å². The maximum atomic E-state index is 5.61. The van der Waals surface area contributed by atoms with Gasteiger partial charge in [-0.05, 0) is 43.6 Å². The number of rotatable bonds is 7. The Morgan fingerprint density at radius 1 is 1.19 bits per heavy atom. The highest BCUT2D eigenvalue weighted by atomic mass is 14.9. The fourth-order valence-corrected chi connectivity index (χ4v) is 1.58. The Balaban J connectivity index is 2.41. The van der Waals surface area contributed by atoms with Crippen molar-refractivity contribution in [2.24, 2.45) is 11.7 Å². The summed E-state index contributed by atoms with van der Waals surface area (Å²) >= 11 is 0. The van der Waals surface area contributed by atoms with Crippen LogP contribution in [0.2, 0.25) is 0 Å². The fourth-order valence-electron chi connectivity index (χ4n) is 1.58. The van der Waals surface area contributed by atoms with Gasteiger partial charge in [-0.15, -0.1) is 0 Å². The second-order valence-corrected chi connectivity index (χ2v) is 4.27. The summed E-state index contributed by atoms with van der Waals surface area (Å²) in [4.78, 5) is 0. The highest BCUT2D eigenvalue weighted by molar-refractivity contribution is 5.44. The van der Waals surface area contributed by atoms with Gasteiger partial charge < -0.3 is 16.4 Å². The summed E-state index contributed by atoms with van der Waals surface area (Å²) in [5, 5.41) is 6.46. The first-order chi connectivity index (χ1) is 7.76. The van der Waals surface area contributed by atoms with Crippen molar-refractivity contribution in [3.63, 3.8) is 0 Å². The standard InChI is InChI=1S/C13H23N3/c1-11(10-14)9-12-3-5-13(6-4-12)16-8-7-15-2/h3-6,11,15-16H,7-10,14H2,1-2H3. The zero-order valence-electron chi connectivity index (χ0n) is 10.3. The summed E-state index contributed by atoms with van der Waals surface area (Å²) < 4.78 is 0. The Kier molecular flexibility index (Phi) is 5.90. The molecule has 0 aromatic heterocycles. The molecular formula is C13H23N3. The molecule has 0 saturated carbocycles. The first kappa shape index (κ1) is 13.0. The molecule has 0 bridgehead atoms. The third kappa shape index (κ3) is 4.64. The van der Waals surface area contributed by atoms with Crippen molar-refractivity contribution >= 4 is 5.69 Å². The molecule has 3 heteroatoms. The highest BCUT2D eigenvalue weighted by Gasteiger charge is 2.00. The molecule has 1 aromatic carbocycles. The van der Waals surface area contributed by atoms with Gasteiger partial charge >= 0.3 is 0 Å². The van der Waals surface area contributed by atoms with Gasteiger partial charge in [-0.2, -0.15) is 0 Å². The molecule has 90 valence electrons. The molecule has 1 aromatic rings. The third-order valence-corrected chi connectivity index (χ3v) is 2.64. The molecule has 1 rings (SSSR count). The molecule has 0 amide bonds. The van der Waals surface area contributed by atoms with E-state index in [1.165, 1.54) is 11.3 Å². The minimum Gasteiger partial charge on any atom is -0.384 e. The smallest absolute Gasteiger partial charge is 0.0340 e. The summed E-state index contributed by atoms with van der Waals surface area (Å²) in [6.45, 7) is 4.86. The Hall–Kier alpha value is -1.06. The molecule has 0 heterocycles. The van der Waals surface area contributed by atoms with Crippen LogP contribution >= 0.6 is 0 Å². The van der Waals surface area contributed by atoms with Crippen LogP contribution in [0.15, 0.2) is 24.3 Å². The van der Waals surface area contributed by atoms with Crippen LogP contribution < -0.4 is 16.4 Å². The predicted molar refractivity (Wildman–Crippen MR) is 70.8 cm³/mol. The minimum atomic E-state index is 0.558. The van der Waals surface area contributed by atoms with Crippen molar-refractivity contribution in [2.45, 2.75) is 13.3 Å². The molecule has 16 heavy (non-hydrogen) atoms. The summed E-state index contributed by atoms with van der Waals surface area (Å²) in [5.41, 5.74) is 8.15. The number of likely N-dealkylation sites (N-methyl/N-ethyl adjacent to an activating group) is 1. The van der Waals surface area contributed by atoms with Gasteiger partial charge in [0.25, 0.3) is 0 Å². The molecule has 0 aliphatic carbocycles. The monoisotopic (exact) mass is 221 g/mol. The number of hydrogen-bond acceptors (Lipinski definition) is 3.